The summed E-state index contributed by atoms with van der Waals surface area (Å²) in [6.45, 7) is 12.3. The van der Waals surface area contributed by atoms with Crippen LogP contribution in [0.1, 0.15) is 26.7 Å². The van der Waals surface area contributed by atoms with Crippen LogP contribution in [0.2, 0.25) is 18.8 Å². The van der Waals surface area contributed by atoms with Crippen LogP contribution < -0.4 is 0 Å². The summed E-state index contributed by atoms with van der Waals surface area (Å²) >= 11 is 0. The lowest BCUT2D eigenvalue weighted by Crippen LogP contribution is -2.31. The lowest BCUT2D eigenvalue weighted by atomic mass is 10.4. The highest BCUT2D eigenvalue weighted by molar-refractivity contribution is 6.66. The molecule has 0 N–H and O–H groups in total. The van der Waals surface area contributed by atoms with E-state index in [-0.39, 0.29) is 18.5 Å². The standard InChI is InChI=1S/C9H25NSi2/c1-5-7-10(8-6-2)11-9-12(3)4/h12H,5-9,11H2,1-4H3. The smallest absolute Gasteiger partial charge is 0.0922 e. The van der Waals surface area contributed by atoms with Gasteiger partial charge >= 0.3 is 0 Å². The molecule has 0 saturated carbocycles. The summed E-state index contributed by atoms with van der Waals surface area (Å²) in [6, 6.07) is 0. The molecular weight excluding hydrogens is 178 g/mol. The molecule has 0 bridgehead atoms. The van der Waals surface area contributed by atoms with Crippen LogP contribution in [0.25, 0.3) is 0 Å². The number of hydrogen-bond acceptors (Lipinski definition) is 1. The van der Waals surface area contributed by atoms with Gasteiger partial charge in [0.25, 0.3) is 0 Å². The fraction of sp³-hybridized carbons (Fsp3) is 1.00. The SMILES string of the molecule is CCCN(CCC)[SiH2]C[SiH](C)C. The molecule has 0 fully saturated rings. The van der Waals surface area contributed by atoms with Gasteiger partial charge in [-0.05, 0) is 25.9 Å². The molecule has 0 aliphatic rings. The van der Waals surface area contributed by atoms with E-state index >= 15 is 0 Å². The highest BCUT2D eigenvalue weighted by Gasteiger charge is 2.04. The Morgan fingerprint density at radius 2 is 1.58 bits per heavy atom. The Balaban J connectivity index is 3.48. The van der Waals surface area contributed by atoms with E-state index in [4.69, 9.17) is 0 Å². The zero-order valence-electron chi connectivity index (χ0n) is 9.27. The molecule has 0 heterocycles. The van der Waals surface area contributed by atoms with Crippen LogP contribution in [0, 0.1) is 0 Å². The fourth-order valence-corrected chi connectivity index (χ4v) is 6.01. The van der Waals surface area contributed by atoms with Gasteiger partial charge in [-0.3, -0.25) is 0 Å². The average Bonchev–Trinajstić information content (AvgIpc) is 2.01. The molecule has 12 heavy (non-hydrogen) atoms. The second-order valence-corrected chi connectivity index (χ2v) is 10.5. The molecule has 0 rings (SSSR count). The van der Waals surface area contributed by atoms with Crippen molar-refractivity contribution in [3.05, 3.63) is 0 Å². The number of hydrogen-bond donors (Lipinski definition) is 0. The third-order valence-electron chi connectivity index (χ3n) is 2.10. The molecule has 0 amide bonds. The van der Waals surface area contributed by atoms with Gasteiger partial charge in [0, 0.05) is 8.80 Å². The van der Waals surface area contributed by atoms with Crippen LogP contribution in [0.4, 0.5) is 0 Å². The van der Waals surface area contributed by atoms with Gasteiger partial charge in [-0.1, -0.05) is 32.6 Å². The normalized spacial score (nSPS) is 12.5. The van der Waals surface area contributed by atoms with Crippen molar-refractivity contribution in [2.45, 2.75) is 45.5 Å². The highest BCUT2D eigenvalue weighted by Crippen LogP contribution is 1.96. The minimum Gasteiger partial charge on any atom is -0.329 e. The molecule has 0 atom stereocenters. The van der Waals surface area contributed by atoms with E-state index in [1.165, 1.54) is 25.9 Å². The van der Waals surface area contributed by atoms with Crippen molar-refractivity contribution < 1.29 is 0 Å². The molecule has 0 aromatic heterocycles. The maximum Gasteiger partial charge on any atom is 0.0922 e. The molecule has 0 unspecified atom stereocenters. The van der Waals surface area contributed by atoms with Gasteiger partial charge < -0.3 is 4.57 Å². The van der Waals surface area contributed by atoms with Crippen LogP contribution in [0.3, 0.4) is 0 Å². The Hall–Kier alpha value is 0.394. The molecular formula is C9H25NSi2. The van der Waals surface area contributed by atoms with Gasteiger partial charge in [0.15, 0.2) is 0 Å². The van der Waals surface area contributed by atoms with E-state index in [1.807, 2.05) is 0 Å². The third-order valence-corrected chi connectivity index (χ3v) is 9.02. The Morgan fingerprint density at radius 3 is 1.92 bits per heavy atom. The van der Waals surface area contributed by atoms with E-state index < -0.39 is 0 Å². The van der Waals surface area contributed by atoms with Crippen molar-refractivity contribution in [3.8, 4) is 0 Å². The molecule has 0 aliphatic carbocycles. The van der Waals surface area contributed by atoms with Gasteiger partial charge in [-0.15, -0.1) is 0 Å². The average molecular weight is 203 g/mol. The van der Waals surface area contributed by atoms with Crippen molar-refractivity contribution >= 4 is 18.5 Å². The Bertz CT molecular complexity index is 90.5. The molecule has 0 aromatic rings. The first-order valence-electron chi connectivity index (χ1n) is 5.43. The lowest BCUT2D eigenvalue weighted by Gasteiger charge is -2.21. The Labute approximate surface area is 82.1 Å². The van der Waals surface area contributed by atoms with Crippen molar-refractivity contribution in [1.82, 2.24) is 4.57 Å². The molecule has 3 heteroatoms. The zero-order valence-corrected chi connectivity index (χ0v) is 11.8. The molecule has 0 aliphatic heterocycles. The fourth-order valence-electron chi connectivity index (χ4n) is 1.41. The summed E-state index contributed by atoms with van der Waals surface area (Å²) in [5.41, 5.74) is 1.62. The predicted molar refractivity (Wildman–Crippen MR) is 64.4 cm³/mol. The predicted octanol–water partition coefficient (Wildman–Crippen LogP) is 1.64. The second-order valence-electron chi connectivity index (χ2n) is 4.02. The number of rotatable bonds is 7. The van der Waals surface area contributed by atoms with E-state index in [1.54, 1.807) is 5.67 Å². The van der Waals surface area contributed by atoms with Gasteiger partial charge in [0.1, 0.15) is 0 Å². The molecule has 1 nitrogen and oxygen atoms in total. The van der Waals surface area contributed by atoms with Crippen LogP contribution in [-0.2, 0) is 0 Å². The van der Waals surface area contributed by atoms with E-state index in [0.717, 1.165) is 0 Å². The van der Waals surface area contributed by atoms with Gasteiger partial charge in [-0.25, -0.2) is 0 Å². The first kappa shape index (κ1) is 12.4. The third kappa shape index (κ3) is 7.07. The maximum absolute atomic E-state index is 2.76. The van der Waals surface area contributed by atoms with Crippen LogP contribution in [-0.4, -0.2) is 36.1 Å². The highest BCUT2D eigenvalue weighted by atomic mass is 28.3. The minimum atomic E-state index is -0.257. The minimum absolute atomic E-state index is 0.151. The van der Waals surface area contributed by atoms with Crippen molar-refractivity contribution in [2.24, 2.45) is 0 Å². The van der Waals surface area contributed by atoms with Crippen LogP contribution >= 0.6 is 0 Å². The molecule has 0 aromatic carbocycles. The molecule has 0 spiro atoms. The summed E-state index contributed by atoms with van der Waals surface area (Å²) in [5.74, 6) is 0. The van der Waals surface area contributed by atoms with E-state index in [9.17, 15) is 0 Å². The summed E-state index contributed by atoms with van der Waals surface area (Å²) in [7, 11) is -0.106. The first-order chi connectivity index (χ1) is 5.70. The molecule has 74 valence electrons. The van der Waals surface area contributed by atoms with Crippen molar-refractivity contribution in [1.29, 1.82) is 0 Å². The van der Waals surface area contributed by atoms with Gasteiger partial charge in [0.05, 0.1) is 9.68 Å². The van der Waals surface area contributed by atoms with Crippen molar-refractivity contribution in [3.63, 3.8) is 0 Å². The molecule has 0 radical (unpaired) electrons. The molecule has 0 saturated heterocycles. The van der Waals surface area contributed by atoms with Crippen molar-refractivity contribution in [2.75, 3.05) is 13.1 Å². The summed E-state index contributed by atoms with van der Waals surface area (Å²) in [4.78, 5) is 0. The topological polar surface area (TPSA) is 3.24 Å². The number of nitrogens with zero attached hydrogens (tertiary/aromatic N) is 1. The van der Waals surface area contributed by atoms with Gasteiger partial charge in [0.2, 0.25) is 0 Å². The summed E-state index contributed by atoms with van der Waals surface area (Å²) in [6.07, 6.45) is 2.68. The zero-order chi connectivity index (χ0) is 9.40. The Kier molecular flexibility index (Phi) is 8.28. The van der Waals surface area contributed by atoms with Gasteiger partial charge in [-0.2, -0.15) is 0 Å². The first-order valence-corrected chi connectivity index (χ1v) is 10.2. The largest absolute Gasteiger partial charge is 0.329 e. The quantitative estimate of drug-likeness (QED) is 0.569. The Morgan fingerprint density at radius 1 is 1.08 bits per heavy atom. The van der Waals surface area contributed by atoms with Crippen LogP contribution in [0.5, 0.6) is 0 Å². The summed E-state index contributed by atoms with van der Waals surface area (Å²) < 4.78 is 2.76. The van der Waals surface area contributed by atoms with E-state index in [2.05, 4.69) is 31.5 Å². The second kappa shape index (κ2) is 8.01. The maximum atomic E-state index is 2.76. The lowest BCUT2D eigenvalue weighted by molar-refractivity contribution is 0.441. The van der Waals surface area contributed by atoms with Crippen LogP contribution in [0.15, 0.2) is 0 Å². The monoisotopic (exact) mass is 203 g/mol. The summed E-state index contributed by atoms with van der Waals surface area (Å²) in [5, 5.41) is 0. The van der Waals surface area contributed by atoms with E-state index in [0.29, 0.717) is 0 Å².